The molecule has 6 nitrogen and oxygen atoms in total. The number of aryl methyl sites for hydroxylation is 2. The molecule has 0 saturated carbocycles. The van der Waals surface area contributed by atoms with Gasteiger partial charge in [0.1, 0.15) is 28.7 Å². The summed E-state index contributed by atoms with van der Waals surface area (Å²) in [6.45, 7) is 27.9. The summed E-state index contributed by atoms with van der Waals surface area (Å²) in [6.07, 6.45) is 1.43. The minimum Gasteiger partial charge on any atom is -0.592 e. The van der Waals surface area contributed by atoms with Gasteiger partial charge in [0.25, 0.3) is 5.75 Å². The number of aromatic hydroxyl groups is 1. The molecule has 3 N–H and O–H groups in total. The van der Waals surface area contributed by atoms with Crippen LogP contribution in [0.3, 0.4) is 0 Å². The van der Waals surface area contributed by atoms with Crippen LogP contribution < -0.4 is 18.9 Å². The van der Waals surface area contributed by atoms with Crippen LogP contribution in [0.5, 0.6) is 34.5 Å². The molecule has 0 saturated heterocycles. The van der Waals surface area contributed by atoms with Gasteiger partial charge in [-0.25, -0.2) is 0 Å². The van der Waals surface area contributed by atoms with Crippen molar-refractivity contribution in [3.8, 4) is 79.0 Å². The third-order valence-electron chi connectivity index (χ3n) is 13.0. The van der Waals surface area contributed by atoms with Gasteiger partial charge in [-0.05, 0) is 147 Å². The van der Waals surface area contributed by atoms with Gasteiger partial charge in [-0.15, -0.1) is 0 Å². The van der Waals surface area contributed by atoms with Crippen LogP contribution in [0.4, 0.5) is 0 Å². The zero-order chi connectivity index (χ0) is 46.5. The second kappa shape index (κ2) is 17.3. The van der Waals surface area contributed by atoms with Gasteiger partial charge in [0.15, 0.2) is 0 Å². The Morgan fingerprint density at radius 2 is 0.953 bits per heavy atom. The molecule has 7 rings (SSSR count). The fourth-order valence-electron chi connectivity index (χ4n) is 9.32. The molecule has 6 aromatic rings. The Balaban J connectivity index is 1.48. The predicted octanol–water partition coefficient (Wildman–Crippen LogP) is 14.5. The summed E-state index contributed by atoms with van der Waals surface area (Å²) in [5.41, 5.74) is 12.8. The summed E-state index contributed by atoms with van der Waals surface area (Å²) in [5, 5.41) is 22.3. The molecular weight excluding hydrogens is 793 g/mol. The van der Waals surface area contributed by atoms with Crippen LogP contribution in [0, 0.1) is 13.8 Å². The molecule has 8 bridgehead atoms. The lowest BCUT2D eigenvalue weighted by atomic mass is 9.66. The monoisotopic (exact) mass is 862 g/mol. The van der Waals surface area contributed by atoms with Crippen LogP contribution in [0.25, 0.3) is 44.5 Å². The molecular formula is C58H69O6+. The van der Waals surface area contributed by atoms with Crippen LogP contribution in [0.2, 0.25) is 0 Å². The largest absolute Gasteiger partial charge is 0.592 e. The standard InChI is InChI=1S/C58H68O6/c1-35-22-45-37-26-39(55(3,4)5)30-41(28-37)57(9,10)34-58(11,12)42-29-38(27-40(31-42)56(6,7)8)46-23-36(2)25-50(54(46)60)48-33-44(62-14)17-19-52(48)64-21-15-20-63-51-18-16-43(61-13)32-47(51)49(24-35)53(45)59/h16-19,22-33,59-60H,15,20-21,34H2,1-14H3/p+1. The van der Waals surface area contributed by atoms with Crippen molar-refractivity contribution in [2.24, 2.45) is 0 Å². The predicted molar refractivity (Wildman–Crippen MR) is 266 cm³/mol. The fourth-order valence-corrected chi connectivity index (χ4v) is 9.32. The SMILES string of the molecule is COc1ccc2c(c1)-c1cc(C)cc(c1O)-c1cc(C(C)(C)C)cc(c1)C(C)(C)CC(C)(C)c1cc(cc(C(C)(C)C)c1)-c1cc(C)cc(c1[OH2+])-c1cc(OC)ccc1OCCCO2. The topological polar surface area (TPSA) is 80.1 Å². The van der Waals surface area contributed by atoms with E-state index in [2.05, 4.69) is 138 Å². The van der Waals surface area contributed by atoms with E-state index < -0.39 is 0 Å². The maximum absolute atomic E-state index is 12.4. The van der Waals surface area contributed by atoms with Crippen molar-refractivity contribution < 1.29 is 29.2 Å². The van der Waals surface area contributed by atoms with E-state index in [9.17, 15) is 10.2 Å². The molecule has 6 heteroatoms. The first-order chi connectivity index (χ1) is 30.0. The zero-order valence-electron chi connectivity index (χ0n) is 40.6. The molecule has 6 aromatic carbocycles. The number of ether oxygens (including phenoxy) is 4. The Labute approximate surface area is 382 Å². The quantitative estimate of drug-likeness (QED) is 0.175. The molecule has 0 amide bonds. The molecule has 0 spiro atoms. The third kappa shape index (κ3) is 9.48. The van der Waals surface area contributed by atoms with Crippen molar-refractivity contribution in [1.82, 2.24) is 0 Å². The smallest absolute Gasteiger partial charge is 0.269 e. The molecule has 0 unspecified atom stereocenters. The van der Waals surface area contributed by atoms with Crippen molar-refractivity contribution >= 4 is 0 Å². The van der Waals surface area contributed by atoms with Crippen molar-refractivity contribution in [2.45, 2.75) is 118 Å². The summed E-state index contributed by atoms with van der Waals surface area (Å²) in [4.78, 5) is 0. The zero-order valence-corrected chi connectivity index (χ0v) is 40.6. The summed E-state index contributed by atoms with van der Waals surface area (Å²) in [7, 11) is 3.31. The van der Waals surface area contributed by atoms with Crippen LogP contribution in [-0.2, 0) is 21.7 Å². The normalized spacial score (nSPS) is 15.1. The Bertz CT molecular complexity index is 2520. The lowest BCUT2D eigenvalue weighted by molar-refractivity contribution is 0.248. The number of methoxy groups -OCH3 is 2. The van der Waals surface area contributed by atoms with Gasteiger partial charge in [0.2, 0.25) is 0 Å². The van der Waals surface area contributed by atoms with Gasteiger partial charge in [0.05, 0.1) is 38.6 Å². The Morgan fingerprint density at radius 3 is 1.42 bits per heavy atom. The number of fused-ring (bicyclic) bond motifs is 14. The van der Waals surface area contributed by atoms with E-state index in [1.807, 2.05) is 42.5 Å². The first kappa shape index (κ1) is 46.1. The Morgan fingerprint density at radius 1 is 0.531 bits per heavy atom. The van der Waals surface area contributed by atoms with E-state index in [0.29, 0.717) is 53.9 Å². The average Bonchev–Trinajstić information content (AvgIpc) is 3.23. The summed E-state index contributed by atoms with van der Waals surface area (Å²) in [5.74, 6) is 3.32. The van der Waals surface area contributed by atoms with E-state index in [1.165, 1.54) is 22.3 Å². The molecule has 1 heterocycles. The molecule has 1 aliphatic heterocycles. The van der Waals surface area contributed by atoms with E-state index in [4.69, 9.17) is 18.9 Å². The van der Waals surface area contributed by atoms with Crippen LogP contribution in [-0.4, -0.2) is 37.6 Å². The first-order valence-corrected chi connectivity index (χ1v) is 22.6. The van der Waals surface area contributed by atoms with Crippen LogP contribution >= 0.6 is 0 Å². The van der Waals surface area contributed by atoms with Gasteiger partial charge in [-0.1, -0.05) is 106 Å². The minimum absolute atomic E-state index is 0.137. The number of benzene rings is 6. The first-order valence-electron chi connectivity index (χ1n) is 22.6. The van der Waals surface area contributed by atoms with Gasteiger partial charge in [-0.2, -0.15) is 0 Å². The van der Waals surface area contributed by atoms with E-state index in [-0.39, 0.29) is 27.4 Å². The Kier molecular flexibility index (Phi) is 12.4. The van der Waals surface area contributed by atoms with Gasteiger partial charge in [0, 0.05) is 28.7 Å². The van der Waals surface area contributed by atoms with Crippen LogP contribution in [0.15, 0.2) is 97.1 Å². The van der Waals surface area contributed by atoms with Gasteiger partial charge >= 0.3 is 0 Å². The highest BCUT2D eigenvalue weighted by molar-refractivity contribution is 5.87. The highest BCUT2D eigenvalue weighted by atomic mass is 16.5. The molecule has 0 radical (unpaired) electrons. The number of phenols is 1. The summed E-state index contributed by atoms with van der Waals surface area (Å²) < 4.78 is 24.5. The van der Waals surface area contributed by atoms with Gasteiger partial charge < -0.3 is 29.2 Å². The average molecular weight is 862 g/mol. The maximum Gasteiger partial charge on any atom is 0.269 e. The van der Waals surface area contributed by atoms with Crippen molar-refractivity contribution in [3.63, 3.8) is 0 Å². The van der Waals surface area contributed by atoms with Gasteiger partial charge in [-0.3, -0.25) is 0 Å². The molecule has 0 aromatic heterocycles. The lowest BCUT2D eigenvalue weighted by Gasteiger charge is -2.38. The minimum atomic E-state index is -0.291. The molecule has 0 aliphatic carbocycles. The van der Waals surface area contributed by atoms with Crippen LogP contribution in [0.1, 0.15) is 115 Å². The van der Waals surface area contributed by atoms with Crippen molar-refractivity contribution in [1.29, 1.82) is 0 Å². The molecule has 0 atom stereocenters. The lowest BCUT2D eigenvalue weighted by Crippen LogP contribution is -2.30. The number of rotatable bonds is 2. The Hall–Kier alpha value is -5.88. The summed E-state index contributed by atoms with van der Waals surface area (Å²) in [6, 6.07) is 33.8. The number of hydrogen-bond acceptors (Lipinski definition) is 5. The molecule has 0 fully saturated rings. The third-order valence-corrected chi connectivity index (χ3v) is 13.0. The number of phenolic OH excluding ortho intramolecular Hbond substituents is 1. The molecule has 64 heavy (non-hydrogen) atoms. The number of hydrogen-bond donors (Lipinski definition) is 1. The fraction of sp³-hybridized carbons (Fsp3) is 0.379. The highest BCUT2D eigenvalue weighted by Gasteiger charge is 2.35. The highest BCUT2D eigenvalue weighted by Crippen LogP contribution is 2.49. The molecule has 1 aliphatic rings. The second-order valence-corrected chi connectivity index (χ2v) is 21.3. The van der Waals surface area contributed by atoms with Crippen molar-refractivity contribution in [2.75, 3.05) is 27.4 Å². The molecule has 336 valence electrons. The maximum atomic E-state index is 12.4. The second-order valence-electron chi connectivity index (χ2n) is 21.3. The summed E-state index contributed by atoms with van der Waals surface area (Å²) >= 11 is 0. The van der Waals surface area contributed by atoms with E-state index >= 15 is 0 Å². The van der Waals surface area contributed by atoms with E-state index in [0.717, 1.165) is 56.5 Å². The van der Waals surface area contributed by atoms with E-state index in [1.54, 1.807) is 14.2 Å². The van der Waals surface area contributed by atoms with Crippen molar-refractivity contribution in [3.05, 3.63) is 130 Å².